The summed E-state index contributed by atoms with van der Waals surface area (Å²) in [5, 5.41) is 6.33. The number of hydrogen-bond acceptors (Lipinski definition) is 6. The molecule has 0 saturated carbocycles. The number of aromatic nitrogens is 3. The van der Waals surface area contributed by atoms with Crippen molar-refractivity contribution in [2.45, 2.75) is 39.0 Å². The molecule has 5 rings (SSSR count). The maximum Gasteiger partial charge on any atom is 0.255 e. The Hall–Kier alpha value is -4.10. The van der Waals surface area contributed by atoms with E-state index >= 15 is 0 Å². The first-order chi connectivity index (χ1) is 19.0. The van der Waals surface area contributed by atoms with E-state index in [-0.39, 0.29) is 5.91 Å². The van der Waals surface area contributed by atoms with Crippen molar-refractivity contribution in [3.05, 3.63) is 95.9 Å². The van der Waals surface area contributed by atoms with Gasteiger partial charge in [0.05, 0.1) is 5.69 Å². The number of aryl methyl sites for hydroxylation is 1. The predicted molar refractivity (Wildman–Crippen MR) is 157 cm³/mol. The fraction of sp³-hybridized carbons (Fsp3) is 0.312. The molecule has 1 amide bonds. The minimum absolute atomic E-state index is 0.126. The van der Waals surface area contributed by atoms with Crippen molar-refractivity contribution in [3.63, 3.8) is 0 Å². The summed E-state index contributed by atoms with van der Waals surface area (Å²) in [7, 11) is 2.22. The molecule has 1 aliphatic heterocycles. The Balaban J connectivity index is 1.22. The van der Waals surface area contributed by atoms with Crippen LogP contribution < -0.4 is 10.6 Å². The van der Waals surface area contributed by atoms with E-state index in [0.29, 0.717) is 23.1 Å². The molecule has 0 radical (unpaired) electrons. The second-order valence-corrected chi connectivity index (χ2v) is 10.5. The van der Waals surface area contributed by atoms with Gasteiger partial charge in [-0.2, -0.15) is 0 Å². The number of nitrogens with zero attached hydrogens (tertiary/aromatic N) is 4. The number of carbonyl (C=O) groups excluding carboxylic acids is 1. The molecule has 7 nitrogen and oxygen atoms in total. The normalized spacial score (nSPS) is 16.2. The molecule has 1 atom stereocenters. The van der Waals surface area contributed by atoms with E-state index < -0.39 is 0 Å². The first-order valence-corrected chi connectivity index (χ1v) is 13.7. The Labute approximate surface area is 230 Å². The van der Waals surface area contributed by atoms with E-state index in [1.807, 2.05) is 55.5 Å². The summed E-state index contributed by atoms with van der Waals surface area (Å²) >= 11 is 0. The van der Waals surface area contributed by atoms with Gasteiger partial charge in [-0.3, -0.25) is 9.78 Å². The predicted octanol–water partition coefficient (Wildman–Crippen LogP) is 6.51. The largest absolute Gasteiger partial charge is 0.324 e. The number of nitrogens with one attached hydrogen (secondary N) is 2. The quantitative estimate of drug-likeness (QED) is 0.289. The minimum atomic E-state index is -0.126. The van der Waals surface area contributed by atoms with Crippen LogP contribution in [-0.2, 0) is 6.42 Å². The molecule has 2 aromatic carbocycles. The molecule has 1 aliphatic rings. The molecule has 2 N–H and O–H groups in total. The molecule has 0 aliphatic carbocycles. The third-order valence-electron chi connectivity index (χ3n) is 7.42. The van der Waals surface area contributed by atoms with Gasteiger partial charge in [-0.15, -0.1) is 0 Å². The number of pyridine rings is 1. The summed E-state index contributed by atoms with van der Waals surface area (Å²) < 4.78 is 0. The maximum absolute atomic E-state index is 13.0. The van der Waals surface area contributed by atoms with Crippen LogP contribution in [0, 0.1) is 12.8 Å². The maximum atomic E-state index is 13.0. The van der Waals surface area contributed by atoms with Gasteiger partial charge in [-0.05, 0) is 106 Å². The molecule has 39 heavy (non-hydrogen) atoms. The Bertz CT molecular complexity index is 1390. The Kier molecular flexibility index (Phi) is 8.58. The van der Waals surface area contributed by atoms with Crippen molar-refractivity contribution < 1.29 is 4.79 Å². The number of anilines is 3. The Morgan fingerprint density at radius 2 is 1.87 bits per heavy atom. The van der Waals surface area contributed by atoms with E-state index in [4.69, 9.17) is 0 Å². The molecule has 0 bridgehead atoms. The molecule has 2 aromatic heterocycles. The highest BCUT2D eigenvalue weighted by Gasteiger charge is 2.15. The van der Waals surface area contributed by atoms with Crippen molar-refractivity contribution in [3.8, 4) is 11.3 Å². The monoisotopic (exact) mass is 520 g/mol. The molecule has 1 saturated heterocycles. The molecule has 1 fully saturated rings. The van der Waals surface area contributed by atoms with E-state index in [1.165, 1.54) is 44.3 Å². The molecule has 0 spiro atoms. The highest BCUT2D eigenvalue weighted by molar-refractivity contribution is 6.04. The van der Waals surface area contributed by atoms with Crippen molar-refractivity contribution in [2.75, 3.05) is 30.8 Å². The van der Waals surface area contributed by atoms with Crippen molar-refractivity contribution in [1.29, 1.82) is 0 Å². The van der Waals surface area contributed by atoms with E-state index in [9.17, 15) is 4.79 Å². The smallest absolute Gasteiger partial charge is 0.255 e. The van der Waals surface area contributed by atoms with Gasteiger partial charge >= 0.3 is 0 Å². The SMILES string of the molecule is Cc1ccc(NC(=O)c2ccc(CC3CCCCN(C)CC3)cc2)cc1Nc1nccc(-c2cccnc2)n1. The van der Waals surface area contributed by atoms with E-state index in [0.717, 1.165) is 28.9 Å². The zero-order valence-electron chi connectivity index (χ0n) is 22.7. The zero-order chi connectivity index (χ0) is 27.0. The van der Waals surface area contributed by atoms with Crippen LogP contribution in [0.15, 0.2) is 79.3 Å². The van der Waals surface area contributed by atoms with Gasteiger partial charge in [0, 0.05) is 41.1 Å². The topological polar surface area (TPSA) is 83.0 Å². The summed E-state index contributed by atoms with van der Waals surface area (Å²) in [6, 6.07) is 19.6. The van der Waals surface area contributed by atoms with Crippen LogP contribution in [0.25, 0.3) is 11.3 Å². The standard InChI is InChI=1S/C32H36N6O/c1-23-8-13-28(21-30(23)37-32-34-17-14-29(36-32)27-7-5-16-33-22-27)35-31(39)26-11-9-25(10-12-26)20-24-6-3-4-18-38(2)19-15-24/h5,7-14,16-17,21-22,24H,3-4,6,15,18-20H2,1-2H3,(H,35,39)(H,34,36,37). The highest BCUT2D eigenvalue weighted by atomic mass is 16.1. The minimum Gasteiger partial charge on any atom is -0.324 e. The lowest BCUT2D eigenvalue weighted by atomic mass is 9.89. The Morgan fingerprint density at radius 1 is 1.00 bits per heavy atom. The third kappa shape index (κ3) is 7.27. The molecule has 4 aromatic rings. The number of benzene rings is 2. The third-order valence-corrected chi connectivity index (χ3v) is 7.42. The van der Waals surface area contributed by atoms with Crippen LogP contribution in [-0.4, -0.2) is 45.9 Å². The van der Waals surface area contributed by atoms with Crippen molar-refractivity contribution in [2.24, 2.45) is 5.92 Å². The van der Waals surface area contributed by atoms with Crippen LogP contribution in [0.3, 0.4) is 0 Å². The molecule has 7 heteroatoms. The van der Waals surface area contributed by atoms with Gasteiger partial charge in [-0.1, -0.05) is 31.0 Å². The summed E-state index contributed by atoms with van der Waals surface area (Å²) in [5.74, 6) is 1.06. The molecule has 200 valence electrons. The first kappa shape index (κ1) is 26.5. The second-order valence-electron chi connectivity index (χ2n) is 10.5. The highest BCUT2D eigenvalue weighted by Crippen LogP contribution is 2.25. The molecule has 3 heterocycles. The Morgan fingerprint density at radius 3 is 2.69 bits per heavy atom. The van der Waals surface area contributed by atoms with Gasteiger partial charge < -0.3 is 15.5 Å². The average Bonchev–Trinajstić information content (AvgIpc) is 2.95. The molecular formula is C32H36N6O. The van der Waals surface area contributed by atoms with Gasteiger partial charge in [0.1, 0.15) is 0 Å². The lowest BCUT2D eigenvalue weighted by molar-refractivity contribution is 0.102. The van der Waals surface area contributed by atoms with Crippen LogP contribution in [0.2, 0.25) is 0 Å². The molecule has 1 unspecified atom stereocenters. The van der Waals surface area contributed by atoms with Crippen molar-refractivity contribution in [1.82, 2.24) is 19.9 Å². The first-order valence-electron chi connectivity index (χ1n) is 13.7. The lowest BCUT2D eigenvalue weighted by Gasteiger charge is -2.25. The number of carbonyl (C=O) groups is 1. The van der Waals surface area contributed by atoms with Crippen LogP contribution >= 0.6 is 0 Å². The van der Waals surface area contributed by atoms with Crippen LogP contribution in [0.4, 0.5) is 17.3 Å². The summed E-state index contributed by atoms with van der Waals surface area (Å²) in [6.07, 6.45) is 11.4. The van der Waals surface area contributed by atoms with Gasteiger partial charge in [0.2, 0.25) is 5.95 Å². The van der Waals surface area contributed by atoms with Crippen LogP contribution in [0.1, 0.15) is 47.2 Å². The van der Waals surface area contributed by atoms with E-state index in [1.54, 1.807) is 18.6 Å². The molecular weight excluding hydrogens is 484 g/mol. The zero-order valence-corrected chi connectivity index (χ0v) is 22.7. The lowest BCUT2D eigenvalue weighted by Crippen LogP contribution is -2.26. The summed E-state index contributed by atoms with van der Waals surface area (Å²) in [4.78, 5) is 28.6. The van der Waals surface area contributed by atoms with Gasteiger partial charge in [0.25, 0.3) is 5.91 Å². The average molecular weight is 521 g/mol. The van der Waals surface area contributed by atoms with E-state index in [2.05, 4.69) is 49.7 Å². The number of amides is 1. The van der Waals surface area contributed by atoms with Gasteiger partial charge in [-0.25, -0.2) is 9.97 Å². The number of hydrogen-bond donors (Lipinski definition) is 2. The summed E-state index contributed by atoms with van der Waals surface area (Å²) in [6.45, 7) is 4.38. The number of rotatable bonds is 7. The van der Waals surface area contributed by atoms with Gasteiger partial charge in [0.15, 0.2) is 0 Å². The fourth-order valence-corrected chi connectivity index (χ4v) is 5.06. The number of likely N-dealkylation sites (tertiary alicyclic amines) is 1. The second kappa shape index (κ2) is 12.6. The fourth-order valence-electron chi connectivity index (χ4n) is 5.06. The van der Waals surface area contributed by atoms with Crippen LogP contribution in [0.5, 0.6) is 0 Å². The van der Waals surface area contributed by atoms with Crippen molar-refractivity contribution >= 4 is 23.2 Å². The summed E-state index contributed by atoms with van der Waals surface area (Å²) in [5.41, 5.74) is 6.22.